The minimum Gasteiger partial charge on any atom is -0.317 e. The zero-order valence-corrected chi connectivity index (χ0v) is 12.1. The van der Waals surface area contributed by atoms with E-state index in [1.165, 1.54) is 28.6 Å². The van der Waals surface area contributed by atoms with Gasteiger partial charge in [-0.25, -0.2) is 0 Å². The van der Waals surface area contributed by atoms with Gasteiger partial charge in [0.1, 0.15) is 0 Å². The van der Waals surface area contributed by atoms with E-state index in [-0.39, 0.29) is 0 Å². The van der Waals surface area contributed by atoms with Gasteiger partial charge in [-0.1, -0.05) is 13.8 Å². The minimum atomic E-state index is 0.656. The van der Waals surface area contributed by atoms with Crippen molar-refractivity contribution in [3.63, 3.8) is 0 Å². The van der Waals surface area contributed by atoms with Crippen LogP contribution in [0.2, 0.25) is 0 Å². The lowest BCUT2D eigenvalue weighted by Gasteiger charge is -2.19. The molecule has 1 nitrogen and oxygen atoms in total. The molecule has 0 radical (unpaired) electrons. The Morgan fingerprint density at radius 3 is 2.67 bits per heavy atom. The molecule has 1 unspecified atom stereocenters. The number of hydrogen-bond acceptors (Lipinski definition) is 2. The fourth-order valence-corrected chi connectivity index (χ4v) is 3.39. The van der Waals surface area contributed by atoms with Crippen LogP contribution in [0.4, 0.5) is 0 Å². The average molecular weight is 290 g/mol. The Morgan fingerprint density at radius 2 is 2.20 bits per heavy atom. The number of thiophene rings is 1. The van der Waals surface area contributed by atoms with Gasteiger partial charge in [-0.2, -0.15) is 0 Å². The van der Waals surface area contributed by atoms with Gasteiger partial charge in [0.2, 0.25) is 0 Å². The van der Waals surface area contributed by atoms with Crippen molar-refractivity contribution in [1.29, 1.82) is 0 Å². The highest BCUT2D eigenvalue weighted by molar-refractivity contribution is 9.10. The van der Waals surface area contributed by atoms with Crippen LogP contribution >= 0.6 is 27.3 Å². The normalized spacial score (nSPS) is 13.4. The van der Waals surface area contributed by atoms with Crippen LogP contribution in [0, 0.1) is 5.92 Å². The lowest BCUT2D eigenvalue weighted by atomic mass is 9.98. The van der Waals surface area contributed by atoms with Crippen LogP contribution in [0.1, 0.15) is 31.6 Å². The van der Waals surface area contributed by atoms with Crippen molar-refractivity contribution in [2.45, 2.75) is 39.2 Å². The first-order chi connectivity index (χ1) is 7.15. The smallest absolute Gasteiger partial charge is 0.0314 e. The summed E-state index contributed by atoms with van der Waals surface area (Å²) in [7, 11) is 2.06. The molecule has 0 amide bonds. The van der Waals surface area contributed by atoms with Crippen LogP contribution in [0.25, 0.3) is 0 Å². The molecule has 3 heteroatoms. The van der Waals surface area contributed by atoms with Crippen molar-refractivity contribution < 1.29 is 0 Å². The van der Waals surface area contributed by atoms with E-state index in [1.54, 1.807) is 0 Å². The highest BCUT2D eigenvalue weighted by Gasteiger charge is 2.10. The van der Waals surface area contributed by atoms with E-state index in [1.807, 2.05) is 11.3 Å². The third-order valence-electron chi connectivity index (χ3n) is 2.79. The molecule has 86 valence electrons. The molecule has 1 atom stereocenters. The summed E-state index contributed by atoms with van der Waals surface area (Å²) in [5.74, 6) is 0.724. The molecular formula is C12H20BrNS. The monoisotopic (exact) mass is 289 g/mol. The molecule has 0 spiro atoms. The van der Waals surface area contributed by atoms with E-state index in [9.17, 15) is 0 Å². The third-order valence-corrected chi connectivity index (χ3v) is 4.77. The Kier molecular flexibility index (Phi) is 5.87. The molecule has 0 saturated carbocycles. The van der Waals surface area contributed by atoms with Gasteiger partial charge in [-0.3, -0.25) is 0 Å². The predicted molar refractivity (Wildman–Crippen MR) is 72.6 cm³/mol. The highest BCUT2D eigenvalue weighted by atomic mass is 79.9. The summed E-state index contributed by atoms with van der Waals surface area (Å²) < 4.78 is 1.28. The Bertz CT molecular complexity index is 283. The second-order valence-corrected chi connectivity index (χ2v) is 6.08. The van der Waals surface area contributed by atoms with E-state index in [4.69, 9.17) is 0 Å². The fraction of sp³-hybridized carbons (Fsp3) is 0.667. The van der Waals surface area contributed by atoms with Crippen molar-refractivity contribution in [3.8, 4) is 0 Å². The molecule has 0 aromatic carbocycles. The second-order valence-electron chi connectivity index (χ2n) is 4.22. The molecule has 15 heavy (non-hydrogen) atoms. The minimum absolute atomic E-state index is 0.656. The number of rotatable bonds is 6. The largest absolute Gasteiger partial charge is 0.317 e. The van der Waals surface area contributed by atoms with Crippen molar-refractivity contribution in [1.82, 2.24) is 5.32 Å². The molecule has 0 fully saturated rings. The maximum Gasteiger partial charge on any atom is 0.0314 e. The van der Waals surface area contributed by atoms with Gasteiger partial charge < -0.3 is 5.32 Å². The lowest BCUT2D eigenvalue weighted by molar-refractivity contribution is 0.394. The van der Waals surface area contributed by atoms with E-state index in [0.29, 0.717) is 6.04 Å². The van der Waals surface area contributed by atoms with Gasteiger partial charge in [0, 0.05) is 15.4 Å². The first-order valence-electron chi connectivity index (χ1n) is 5.54. The number of hydrogen-bond donors (Lipinski definition) is 1. The quantitative estimate of drug-likeness (QED) is 0.832. The standard InChI is InChI=1S/C12H20BrNS/c1-9(2)11(14-3)5-4-6-12-10(13)7-8-15-12/h7-9,11,14H,4-6H2,1-3H3. The van der Waals surface area contributed by atoms with Crippen LogP contribution in [-0.2, 0) is 6.42 Å². The molecule has 1 heterocycles. The molecular weight excluding hydrogens is 270 g/mol. The molecule has 1 aromatic heterocycles. The number of nitrogens with one attached hydrogen (secondary N) is 1. The molecule has 1 N–H and O–H groups in total. The van der Waals surface area contributed by atoms with Crippen molar-refractivity contribution >= 4 is 27.3 Å². The van der Waals surface area contributed by atoms with E-state index >= 15 is 0 Å². The second kappa shape index (κ2) is 6.66. The van der Waals surface area contributed by atoms with Crippen LogP contribution in [0.15, 0.2) is 15.9 Å². The summed E-state index contributed by atoms with van der Waals surface area (Å²) in [6.45, 7) is 4.56. The highest BCUT2D eigenvalue weighted by Crippen LogP contribution is 2.24. The fourth-order valence-electron chi connectivity index (χ4n) is 1.80. The first-order valence-corrected chi connectivity index (χ1v) is 7.21. The van der Waals surface area contributed by atoms with Gasteiger partial charge in [0.15, 0.2) is 0 Å². The predicted octanol–water partition coefficient (Wildman–Crippen LogP) is 4.08. The zero-order chi connectivity index (χ0) is 11.3. The van der Waals surface area contributed by atoms with Crippen LogP contribution < -0.4 is 5.32 Å². The Labute approximate surface area is 105 Å². The third kappa shape index (κ3) is 4.25. The van der Waals surface area contributed by atoms with Crippen LogP contribution in [0.3, 0.4) is 0 Å². The summed E-state index contributed by atoms with van der Waals surface area (Å²) in [5, 5.41) is 5.54. The summed E-state index contributed by atoms with van der Waals surface area (Å²) >= 11 is 5.42. The molecule has 1 rings (SSSR count). The van der Waals surface area contributed by atoms with Crippen LogP contribution in [0.5, 0.6) is 0 Å². The molecule has 0 bridgehead atoms. The summed E-state index contributed by atoms with van der Waals surface area (Å²) in [4.78, 5) is 1.48. The van der Waals surface area contributed by atoms with Gasteiger partial charge in [-0.05, 0) is 59.6 Å². The molecule has 0 aliphatic heterocycles. The van der Waals surface area contributed by atoms with Gasteiger partial charge in [-0.15, -0.1) is 11.3 Å². The first kappa shape index (κ1) is 13.2. The van der Waals surface area contributed by atoms with Gasteiger partial charge in [0.05, 0.1) is 0 Å². The maximum absolute atomic E-state index is 3.57. The number of aryl methyl sites for hydroxylation is 1. The Hall–Kier alpha value is 0.140. The Morgan fingerprint density at radius 1 is 1.47 bits per heavy atom. The average Bonchev–Trinajstić information content (AvgIpc) is 2.58. The van der Waals surface area contributed by atoms with Crippen LogP contribution in [-0.4, -0.2) is 13.1 Å². The molecule has 0 aliphatic rings. The van der Waals surface area contributed by atoms with E-state index < -0.39 is 0 Å². The molecule has 1 aromatic rings. The van der Waals surface area contributed by atoms with Crippen molar-refractivity contribution in [2.24, 2.45) is 5.92 Å². The van der Waals surface area contributed by atoms with Gasteiger partial charge in [0.25, 0.3) is 0 Å². The molecule has 0 saturated heterocycles. The SMILES string of the molecule is CNC(CCCc1sccc1Br)C(C)C. The maximum atomic E-state index is 3.57. The van der Waals surface area contributed by atoms with Crippen molar-refractivity contribution in [2.75, 3.05) is 7.05 Å². The lowest BCUT2D eigenvalue weighted by Crippen LogP contribution is -2.30. The Balaban J connectivity index is 2.29. The molecule has 0 aliphatic carbocycles. The number of halogens is 1. The van der Waals surface area contributed by atoms with E-state index in [2.05, 4.69) is 53.6 Å². The summed E-state index contributed by atoms with van der Waals surface area (Å²) in [6.07, 6.45) is 3.73. The summed E-state index contributed by atoms with van der Waals surface area (Å²) in [6, 6.07) is 2.79. The zero-order valence-electron chi connectivity index (χ0n) is 9.72. The van der Waals surface area contributed by atoms with Crippen molar-refractivity contribution in [3.05, 3.63) is 20.8 Å². The van der Waals surface area contributed by atoms with Gasteiger partial charge >= 0.3 is 0 Å². The summed E-state index contributed by atoms with van der Waals surface area (Å²) in [5.41, 5.74) is 0. The van der Waals surface area contributed by atoms with E-state index in [0.717, 1.165) is 5.92 Å². The topological polar surface area (TPSA) is 12.0 Å².